The lowest BCUT2D eigenvalue weighted by atomic mass is 9.75. The lowest BCUT2D eigenvalue weighted by molar-refractivity contribution is 0.382. The number of nitrogens with two attached hydrogens (primary N) is 1. The molecule has 0 aromatic heterocycles. The lowest BCUT2D eigenvalue weighted by Crippen LogP contribution is -2.33. The Morgan fingerprint density at radius 2 is 1.94 bits per heavy atom. The molecule has 1 aliphatic rings. The average molecular weight is 249 g/mol. The molecule has 0 radical (unpaired) electrons. The fourth-order valence-corrected chi connectivity index (χ4v) is 3.36. The van der Waals surface area contributed by atoms with Crippen molar-refractivity contribution in [3.8, 4) is 11.5 Å². The van der Waals surface area contributed by atoms with E-state index in [9.17, 15) is 5.11 Å². The zero-order valence-corrected chi connectivity index (χ0v) is 11.5. The summed E-state index contributed by atoms with van der Waals surface area (Å²) in [6.07, 6.45) is 4.54. The third-order valence-electron chi connectivity index (χ3n) is 4.41. The number of aromatic hydroxyl groups is 1. The Balaban J connectivity index is 2.60. The number of hydrogen-bond acceptors (Lipinski definition) is 3. The number of rotatable bonds is 3. The molecule has 0 amide bonds. The standard InChI is InChI=1S/C15H23NO2/c1-10-8-12(18-3)11(2)14(17)13(10)15(9-16)6-4-5-7-15/h8,17H,4-7,9,16H2,1-3H3. The van der Waals surface area contributed by atoms with E-state index in [0.29, 0.717) is 12.3 Å². The average Bonchev–Trinajstić information content (AvgIpc) is 2.83. The summed E-state index contributed by atoms with van der Waals surface area (Å²) in [6, 6.07) is 2.01. The topological polar surface area (TPSA) is 55.5 Å². The fourth-order valence-electron chi connectivity index (χ4n) is 3.36. The SMILES string of the molecule is COc1cc(C)c(C2(CN)CCCC2)c(O)c1C. The van der Waals surface area contributed by atoms with Gasteiger partial charge in [0.15, 0.2) is 0 Å². The minimum absolute atomic E-state index is 0.0365. The molecule has 0 heterocycles. The molecule has 18 heavy (non-hydrogen) atoms. The van der Waals surface area contributed by atoms with Crippen LogP contribution in [0.15, 0.2) is 6.07 Å². The van der Waals surface area contributed by atoms with Crippen molar-refractivity contribution in [3.05, 3.63) is 22.8 Å². The quantitative estimate of drug-likeness (QED) is 0.866. The van der Waals surface area contributed by atoms with Crippen LogP contribution in [0.25, 0.3) is 0 Å². The van der Waals surface area contributed by atoms with Gasteiger partial charge < -0.3 is 15.6 Å². The summed E-state index contributed by atoms with van der Waals surface area (Å²) < 4.78 is 5.30. The van der Waals surface area contributed by atoms with E-state index >= 15 is 0 Å². The van der Waals surface area contributed by atoms with Crippen LogP contribution in [-0.2, 0) is 5.41 Å². The van der Waals surface area contributed by atoms with Crippen molar-refractivity contribution in [1.82, 2.24) is 0 Å². The number of methoxy groups -OCH3 is 1. The molecule has 0 saturated heterocycles. The second-order valence-corrected chi connectivity index (χ2v) is 5.44. The zero-order chi connectivity index (χ0) is 13.3. The van der Waals surface area contributed by atoms with Crippen molar-refractivity contribution in [2.45, 2.75) is 44.9 Å². The molecule has 100 valence electrons. The summed E-state index contributed by atoms with van der Waals surface area (Å²) >= 11 is 0. The largest absolute Gasteiger partial charge is 0.507 e. The molecular weight excluding hydrogens is 226 g/mol. The van der Waals surface area contributed by atoms with Gasteiger partial charge >= 0.3 is 0 Å². The van der Waals surface area contributed by atoms with Gasteiger partial charge in [0, 0.05) is 23.1 Å². The van der Waals surface area contributed by atoms with Crippen LogP contribution in [0, 0.1) is 13.8 Å². The molecule has 0 spiro atoms. The highest BCUT2D eigenvalue weighted by atomic mass is 16.5. The van der Waals surface area contributed by atoms with Crippen LogP contribution in [0.5, 0.6) is 11.5 Å². The summed E-state index contributed by atoms with van der Waals surface area (Å²) in [5.74, 6) is 1.12. The van der Waals surface area contributed by atoms with Crippen LogP contribution in [-0.4, -0.2) is 18.8 Å². The van der Waals surface area contributed by atoms with Crippen LogP contribution in [0.3, 0.4) is 0 Å². The second kappa shape index (κ2) is 4.81. The molecule has 0 unspecified atom stereocenters. The van der Waals surface area contributed by atoms with Crippen molar-refractivity contribution in [3.63, 3.8) is 0 Å². The molecule has 3 N–H and O–H groups in total. The van der Waals surface area contributed by atoms with Gasteiger partial charge in [0.05, 0.1) is 7.11 Å². The van der Waals surface area contributed by atoms with Crippen LogP contribution in [0.2, 0.25) is 0 Å². The summed E-state index contributed by atoms with van der Waals surface area (Å²) in [4.78, 5) is 0. The highest BCUT2D eigenvalue weighted by Gasteiger charge is 2.38. The molecule has 1 saturated carbocycles. The van der Waals surface area contributed by atoms with Crippen molar-refractivity contribution in [1.29, 1.82) is 0 Å². The molecule has 1 aliphatic carbocycles. The van der Waals surface area contributed by atoms with Crippen LogP contribution < -0.4 is 10.5 Å². The number of benzene rings is 1. The summed E-state index contributed by atoms with van der Waals surface area (Å²) in [5.41, 5.74) is 8.93. The number of phenolic OH excluding ortho intramolecular Hbond substituents is 1. The van der Waals surface area contributed by atoms with E-state index in [1.807, 2.05) is 19.9 Å². The lowest BCUT2D eigenvalue weighted by Gasteiger charge is -2.31. The molecule has 1 aromatic rings. The van der Waals surface area contributed by atoms with E-state index in [4.69, 9.17) is 10.5 Å². The van der Waals surface area contributed by atoms with Crippen LogP contribution in [0.1, 0.15) is 42.4 Å². The maximum atomic E-state index is 10.5. The summed E-state index contributed by atoms with van der Waals surface area (Å²) in [7, 11) is 1.63. The zero-order valence-electron chi connectivity index (χ0n) is 11.5. The second-order valence-electron chi connectivity index (χ2n) is 5.44. The van der Waals surface area contributed by atoms with Crippen molar-refractivity contribution in [2.75, 3.05) is 13.7 Å². The first-order valence-corrected chi connectivity index (χ1v) is 6.63. The molecule has 3 nitrogen and oxygen atoms in total. The minimum atomic E-state index is -0.0365. The van der Waals surface area contributed by atoms with Crippen LogP contribution >= 0.6 is 0 Å². The smallest absolute Gasteiger partial charge is 0.126 e. The van der Waals surface area contributed by atoms with Gasteiger partial charge in [-0.05, 0) is 38.3 Å². The van der Waals surface area contributed by atoms with Gasteiger partial charge in [-0.1, -0.05) is 12.8 Å². The summed E-state index contributed by atoms with van der Waals surface area (Å²) in [5, 5.41) is 10.5. The monoisotopic (exact) mass is 249 g/mol. The van der Waals surface area contributed by atoms with E-state index in [1.165, 1.54) is 12.8 Å². The maximum absolute atomic E-state index is 10.5. The predicted molar refractivity (Wildman–Crippen MR) is 73.3 cm³/mol. The fraction of sp³-hybridized carbons (Fsp3) is 0.600. The van der Waals surface area contributed by atoms with Gasteiger partial charge in [0.2, 0.25) is 0 Å². The minimum Gasteiger partial charge on any atom is -0.507 e. The summed E-state index contributed by atoms with van der Waals surface area (Å²) in [6.45, 7) is 4.54. The van der Waals surface area contributed by atoms with E-state index < -0.39 is 0 Å². The molecule has 1 fully saturated rings. The first-order chi connectivity index (χ1) is 8.55. The Morgan fingerprint density at radius 3 is 2.44 bits per heavy atom. The first kappa shape index (κ1) is 13.2. The predicted octanol–water partition coefficient (Wildman–Crippen LogP) is 2.79. The van der Waals surface area contributed by atoms with E-state index in [0.717, 1.165) is 35.3 Å². The number of aryl methyl sites for hydroxylation is 1. The van der Waals surface area contributed by atoms with Crippen molar-refractivity contribution in [2.24, 2.45) is 5.73 Å². The third-order valence-corrected chi connectivity index (χ3v) is 4.41. The highest BCUT2D eigenvalue weighted by molar-refractivity contribution is 5.56. The van der Waals surface area contributed by atoms with E-state index in [-0.39, 0.29) is 5.41 Å². The number of ether oxygens (including phenoxy) is 1. The van der Waals surface area contributed by atoms with Gasteiger partial charge in [0.1, 0.15) is 11.5 Å². The number of hydrogen-bond donors (Lipinski definition) is 2. The van der Waals surface area contributed by atoms with E-state index in [2.05, 4.69) is 0 Å². The molecule has 0 atom stereocenters. The Bertz CT molecular complexity index is 448. The molecule has 0 bridgehead atoms. The highest BCUT2D eigenvalue weighted by Crippen LogP contribution is 2.47. The van der Waals surface area contributed by atoms with Crippen LogP contribution in [0.4, 0.5) is 0 Å². The normalized spacial score (nSPS) is 18.0. The number of phenols is 1. The Labute approximate surface area is 109 Å². The van der Waals surface area contributed by atoms with Crippen molar-refractivity contribution >= 4 is 0 Å². The molecular formula is C15H23NO2. The van der Waals surface area contributed by atoms with Gasteiger partial charge in [-0.3, -0.25) is 0 Å². The van der Waals surface area contributed by atoms with Gasteiger partial charge in [0.25, 0.3) is 0 Å². The van der Waals surface area contributed by atoms with Gasteiger partial charge in [-0.2, -0.15) is 0 Å². The molecule has 0 aliphatic heterocycles. The Hall–Kier alpha value is -1.22. The van der Waals surface area contributed by atoms with E-state index in [1.54, 1.807) is 7.11 Å². The van der Waals surface area contributed by atoms with Gasteiger partial charge in [-0.15, -0.1) is 0 Å². The Kier molecular flexibility index (Phi) is 3.53. The van der Waals surface area contributed by atoms with Gasteiger partial charge in [-0.25, -0.2) is 0 Å². The molecule has 1 aromatic carbocycles. The third kappa shape index (κ3) is 1.87. The molecule has 3 heteroatoms. The first-order valence-electron chi connectivity index (χ1n) is 6.63. The molecule has 2 rings (SSSR count). The maximum Gasteiger partial charge on any atom is 0.126 e. The van der Waals surface area contributed by atoms with Crippen molar-refractivity contribution < 1.29 is 9.84 Å². The Morgan fingerprint density at radius 1 is 1.33 bits per heavy atom.